The van der Waals surface area contributed by atoms with Gasteiger partial charge in [0.15, 0.2) is 0 Å². The highest BCUT2D eigenvalue weighted by Gasteiger charge is 2.36. The number of hydrogen-bond acceptors (Lipinski definition) is 9. The van der Waals surface area contributed by atoms with Crippen LogP contribution in [0.5, 0.6) is 0 Å². The average molecular weight is 592 g/mol. The van der Waals surface area contributed by atoms with E-state index in [4.69, 9.17) is 14.0 Å². The molecule has 3 amide bonds. The summed E-state index contributed by atoms with van der Waals surface area (Å²) in [5.74, 6) is -1.26. The molecule has 1 fully saturated rings. The summed E-state index contributed by atoms with van der Waals surface area (Å²) in [6.45, 7) is 5.17. The Labute approximate surface area is 239 Å². The average Bonchev–Trinajstić information content (AvgIpc) is 2.97. The number of aromatic nitrogens is 1. The largest absolute Gasteiger partial charge is 0.450 e. The monoisotopic (exact) mass is 591 g/mol. The first kappa shape index (κ1) is 32.0. The van der Waals surface area contributed by atoms with Crippen molar-refractivity contribution in [1.82, 2.24) is 20.1 Å². The molecule has 2 aromatic rings. The molecule has 0 bridgehead atoms. The van der Waals surface area contributed by atoms with Gasteiger partial charge in [-0.05, 0) is 26.0 Å². The first-order valence-electron chi connectivity index (χ1n) is 13.5. The van der Waals surface area contributed by atoms with E-state index >= 15 is 0 Å². The van der Waals surface area contributed by atoms with Gasteiger partial charge in [0, 0.05) is 51.1 Å². The summed E-state index contributed by atoms with van der Waals surface area (Å²) < 4.78 is 27.8. The molecular weight excluding hydrogens is 553 g/mol. The first-order chi connectivity index (χ1) is 19.7. The standard InChI is InChI=1S/C27H38N5O8P/c1-4-39-27(35)32-14-12-31(13-15-32)26(34)24(19-41(36,37)40-5-2)30-25(33)23-18-21(28-11-16-38-3)17-22(29-23)20-9-7-6-8-10-20/h6-10,17-18,24H,4-5,11-16,19H2,1-3H3,(H,28,29)(H,30,33)(H,36,37)/t24-/m0/s1. The number of rotatable bonds is 13. The number of piperazine rings is 1. The van der Waals surface area contributed by atoms with E-state index in [0.29, 0.717) is 24.5 Å². The van der Waals surface area contributed by atoms with Crippen LogP contribution in [0.3, 0.4) is 0 Å². The summed E-state index contributed by atoms with van der Waals surface area (Å²) in [6.07, 6.45) is -1.10. The summed E-state index contributed by atoms with van der Waals surface area (Å²) in [7, 11) is -2.64. The van der Waals surface area contributed by atoms with Crippen molar-refractivity contribution in [2.24, 2.45) is 0 Å². The van der Waals surface area contributed by atoms with Crippen molar-refractivity contribution >= 4 is 31.2 Å². The van der Waals surface area contributed by atoms with Gasteiger partial charge in [-0.1, -0.05) is 30.3 Å². The maximum absolute atomic E-state index is 13.5. The van der Waals surface area contributed by atoms with Crippen molar-refractivity contribution in [3.05, 3.63) is 48.2 Å². The lowest BCUT2D eigenvalue weighted by Crippen LogP contribution is -2.56. The van der Waals surface area contributed by atoms with Gasteiger partial charge in [-0.3, -0.25) is 14.2 Å². The Morgan fingerprint density at radius 2 is 1.73 bits per heavy atom. The lowest BCUT2D eigenvalue weighted by Gasteiger charge is -2.36. The Hall–Kier alpha value is -3.51. The van der Waals surface area contributed by atoms with Gasteiger partial charge in [-0.25, -0.2) is 9.78 Å². The topological polar surface area (TPSA) is 160 Å². The van der Waals surface area contributed by atoms with Gasteiger partial charge >= 0.3 is 13.7 Å². The maximum Gasteiger partial charge on any atom is 0.409 e. The molecule has 3 rings (SSSR count). The number of anilines is 1. The molecule has 2 heterocycles. The van der Waals surface area contributed by atoms with E-state index in [9.17, 15) is 23.8 Å². The molecule has 1 aliphatic rings. The molecule has 1 unspecified atom stereocenters. The molecule has 1 aliphatic heterocycles. The highest BCUT2D eigenvalue weighted by Crippen LogP contribution is 2.42. The summed E-state index contributed by atoms with van der Waals surface area (Å²) >= 11 is 0. The molecule has 1 aromatic carbocycles. The lowest BCUT2D eigenvalue weighted by atomic mass is 10.1. The molecule has 14 heteroatoms. The molecule has 0 spiro atoms. The highest BCUT2D eigenvalue weighted by atomic mass is 31.2. The third-order valence-electron chi connectivity index (χ3n) is 6.23. The predicted octanol–water partition coefficient (Wildman–Crippen LogP) is 2.43. The third-order valence-corrected chi connectivity index (χ3v) is 7.72. The number of nitrogens with one attached hydrogen (secondary N) is 2. The maximum atomic E-state index is 13.5. The number of pyridine rings is 1. The van der Waals surface area contributed by atoms with Crippen molar-refractivity contribution in [2.75, 3.05) is 71.1 Å². The second kappa shape index (κ2) is 15.5. The summed E-state index contributed by atoms with van der Waals surface area (Å²) in [6, 6.07) is 11.3. The van der Waals surface area contributed by atoms with Crippen molar-refractivity contribution in [3.63, 3.8) is 0 Å². The van der Waals surface area contributed by atoms with Gasteiger partial charge in [-0.15, -0.1) is 0 Å². The molecule has 0 saturated carbocycles. The Morgan fingerprint density at radius 1 is 1.05 bits per heavy atom. The predicted molar refractivity (Wildman–Crippen MR) is 153 cm³/mol. The second-order valence-electron chi connectivity index (χ2n) is 9.19. The number of amides is 3. The SMILES string of the molecule is CCOC(=O)N1CCN(C(=O)[C@H](CP(=O)(O)OCC)NC(=O)c2cc(NCCOC)cc(-c3ccccc3)n2)CC1. The summed E-state index contributed by atoms with van der Waals surface area (Å²) in [4.78, 5) is 56.8. The zero-order valence-corrected chi connectivity index (χ0v) is 24.5. The van der Waals surface area contributed by atoms with Crippen molar-refractivity contribution in [2.45, 2.75) is 19.9 Å². The van der Waals surface area contributed by atoms with E-state index in [1.54, 1.807) is 27.0 Å². The van der Waals surface area contributed by atoms with Crippen LogP contribution in [0.15, 0.2) is 42.5 Å². The first-order valence-corrected chi connectivity index (χ1v) is 15.2. The van der Waals surface area contributed by atoms with E-state index in [1.165, 1.54) is 15.9 Å². The Morgan fingerprint density at radius 3 is 2.37 bits per heavy atom. The van der Waals surface area contributed by atoms with Crippen molar-refractivity contribution in [1.29, 1.82) is 0 Å². The summed E-state index contributed by atoms with van der Waals surface area (Å²) in [5.41, 5.74) is 1.93. The van der Waals surface area contributed by atoms with E-state index in [-0.39, 0.29) is 45.1 Å². The van der Waals surface area contributed by atoms with E-state index in [1.807, 2.05) is 30.3 Å². The number of methoxy groups -OCH3 is 1. The van der Waals surface area contributed by atoms with Gasteiger partial charge in [0.2, 0.25) is 5.91 Å². The minimum atomic E-state index is -4.22. The fourth-order valence-electron chi connectivity index (χ4n) is 4.25. The highest BCUT2D eigenvalue weighted by molar-refractivity contribution is 7.52. The minimum absolute atomic E-state index is 0.0142. The van der Waals surface area contributed by atoms with Crippen molar-refractivity contribution in [3.8, 4) is 11.3 Å². The van der Waals surface area contributed by atoms with Crippen LogP contribution in [-0.4, -0.2) is 109 Å². The Kier molecular flexibility index (Phi) is 12.1. The van der Waals surface area contributed by atoms with Crippen molar-refractivity contribution < 1.29 is 37.8 Å². The number of benzene rings is 1. The van der Waals surface area contributed by atoms with Crippen LogP contribution in [-0.2, 0) is 23.4 Å². The van der Waals surface area contributed by atoms with Crippen LogP contribution in [0.2, 0.25) is 0 Å². The van der Waals surface area contributed by atoms with E-state index in [2.05, 4.69) is 15.6 Å². The lowest BCUT2D eigenvalue weighted by molar-refractivity contribution is -0.134. The minimum Gasteiger partial charge on any atom is -0.450 e. The zero-order chi connectivity index (χ0) is 29.8. The van der Waals surface area contributed by atoms with Gasteiger partial charge in [0.1, 0.15) is 11.7 Å². The number of carbonyl (C=O) groups is 3. The molecular formula is C27H38N5O8P. The van der Waals surface area contributed by atoms with E-state index in [0.717, 1.165) is 5.56 Å². The molecule has 1 aromatic heterocycles. The molecule has 0 aliphatic carbocycles. The fourth-order valence-corrected chi connectivity index (χ4v) is 5.47. The van der Waals surface area contributed by atoms with Gasteiger partial charge in [-0.2, -0.15) is 0 Å². The molecule has 0 radical (unpaired) electrons. The van der Waals surface area contributed by atoms with Gasteiger partial charge in [0.25, 0.3) is 5.91 Å². The Balaban J connectivity index is 1.84. The van der Waals surface area contributed by atoms with Gasteiger partial charge < -0.3 is 39.3 Å². The molecule has 41 heavy (non-hydrogen) atoms. The number of ether oxygens (including phenoxy) is 2. The zero-order valence-electron chi connectivity index (χ0n) is 23.6. The normalized spacial score (nSPS) is 15.5. The van der Waals surface area contributed by atoms with Crippen LogP contribution < -0.4 is 10.6 Å². The third kappa shape index (κ3) is 9.53. The van der Waals surface area contributed by atoms with Crippen LogP contribution in [0.1, 0.15) is 24.3 Å². The number of nitrogens with zero attached hydrogens (tertiary/aromatic N) is 3. The van der Waals surface area contributed by atoms with Crippen LogP contribution in [0.25, 0.3) is 11.3 Å². The van der Waals surface area contributed by atoms with Gasteiger partial charge in [0.05, 0.1) is 31.7 Å². The molecule has 3 N–H and O–H groups in total. The fraction of sp³-hybridized carbons (Fsp3) is 0.481. The molecule has 2 atom stereocenters. The smallest absolute Gasteiger partial charge is 0.409 e. The quantitative estimate of drug-likeness (QED) is 0.233. The second-order valence-corrected chi connectivity index (χ2v) is 11.1. The summed E-state index contributed by atoms with van der Waals surface area (Å²) in [5, 5.41) is 5.80. The van der Waals surface area contributed by atoms with Crippen LogP contribution >= 0.6 is 7.60 Å². The number of hydrogen-bond donors (Lipinski definition) is 3. The van der Waals surface area contributed by atoms with Crippen LogP contribution in [0, 0.1) is 0 Å². The molecule has 224 valence electrons. The van der Waals surface area contributed by atoms with Crippen LogP contribution in [0.4, 0.5) is 10.5 Å². The number of carbonyl (C=O) groups excluding carboxylic acids is 3. The Bertz CT molecular complexity index is 1220. The molecule has 1 saturated heterocycles. The molecule has 13 nitrogen and oxygen atoms in total. The van der Waals surface area contributed by atoms with E-state index < -0.39 is 37.7 Å².